The number of nitrogens with zero attached hydrogens (tertiary/aromatic N) is 4. The number of carbonyl (C=O) groups is 1. The maximum Gasteiger partial charge on any atom is 0.223 e. The normalized spacial score (nSPS) is 16.8. The SMILES string of the molecule is CCCCC1CN(C(=O)CCCn2cncn2)Cc2ccccc2O1. The van der Waals surface area contributed by atoms with Crippen LogP contribution in [-0.4, -0.2) is 38.2 Å². The molecule has 2 heterocycles. The second kappa shape index (κ2) is 8.65. The zero-order chi connectivity index (χ0) is 17.5. The molecule has 1 atom stereocenters. The highest BCUT2D eigenvalue weighted by Gasteiger charge is 2.25. The van der Waals surface area contributed by atoms with E-state index in [1.165, 1.54) is 6.33 Å². The van der Waals surface area contributed by atoms with Crippen LogP contribution in [0.4, 0.5) is 0 Å². The Labute approximate surface area is 148 Å². The van der Waals surface area contributed by atoms with E-state index in [1.807, 2.05) is 29.2 Å². The molecule has 0 aliphatic carbocycles. The third-order valence-corrected chi connectivity index (χ3v) is 4.53. The van der Waals surface area contributed by atoms with Gasteiger partial charge in [0.2, 0.25) is 5.91 Å². The van der Waals surface area contributed by atoms with E-state index in [9.17, 15) is 4.79 Å². The lowest BCUT2D eigenvalue weighted by atomic mass is 10.1. The molecule has 0 spiro atoms. The quantitative estimate of drug-likeness (QED) is 0.776. The number of aromatic nitrogens is 3. The van der Waals surface area contributed by atoms with Gasteiger partial charge in [-0.15, -0.1) is 0 Å². The maximum atomic E-state index is 12.7. The molecule has 1 aliphatic heterocycles. The molecule has 134 valence electrons. The molecule has 1 aromatic carbocycles. The van der Waals surface area contributed by atoms with Gasteiger partial charge in [0, 0.05) is 25.1 Å². The van der Waals surface area contributed by atoms with Gasteiger partial charge in [0.1, 0.15) is 24.5 Å². The molecule has 0 bridgehead atoms. The Morgan fingerprint density at radius 3 is 3.00 bits per heavy atom. The molecule has 0 saturated carbocycles. The summed E-state index contributed by atoms with van der Waals surface area (Å²) in [5, 5.41) is 4.08. The first-order valence-corrected chi connectivity index (χ1v) is 9.11. The van der Waals surface area contributed by atoms with E-state index in [1.54, 1.807) is 11.0 Å². The first-order valence-electron chi connectivity index (χ1n) is 9.11. The van der Waals surface area contributed by atoms with Crippen molar-refractivity contribution < 1.29 is 9.53 Å². The molecular weight excluding hydrogens is 316 g/mol. The molecular formula is C19H26N4O2. The monoisotopic (exact) mass is 342 g/mol. The molecule has 1 aromatic heterocycles. The summed E-state index contributed by atoms with van der Waals surface area (Å²) in [5.74, 6) is 1.10. The van der Waals surface area contributed by atoms with Gasteiger partial charge in [0.05, 0.1) is 6.54 Å². The van der Waals surface area contributed by atoms with Gasteiger partial charge in [-0.1, -0.05) is 31.5 Å². The Hall–Kier alpha value is -2.37. The van der Waals surface area contributed by atoms with E-state index in [0.29, 0.717) is 26.1 Å². The summed E-state index contributed by atoms with van der Waals surface area (Å²) >= 11 is 0. The van der Waals surface area contributed by atoms with Gasteiger partial charge in [-0.05, 0) is 25.3 Å². The van der Waals surface area contributed by atoms with Crippen LogP contribution in [0.3, 0.4) is 0 Å². The van der Waals surface area contributed by atoms with Crippen molar-refractivity contribution in [1.29, 1.82) is 0 Å². The largest absolute Gasteiger partial charge is 0.488 e. The number of hydrogen-bond donors (Lipinski definition) is 0. The van der Waals surface area contributed by atoms with Crippen LogP contribution >= 0.6 is 0 Å². The van der Waals surface area contributed by atoms with Crippen molar-refractivity contribution in [2.45, 2.75) is 58.2 Å². The zero-order valence-corrected chi connectivity index (χ0v) is 14.8. The number of ether oxygens (including phenoxy) is 1. The lowest BCUT2D eigenvalue weighted by Crippen LogP contribution is -2.37. The van der Waals surface area contributed by atoms with E-state index in [-0.39, 0.29) is 12.0 Å². The van der Waals surface area contributed by atoms with Crippen LogP contribution < -0.4 is 4.74 Å². The number of hydrogen-bond acceptors (Lipinski definition) is 4. The highest BCUT2D eigenvalue weighted by atomic mass is 16.5. The molecule has 6 heteroatoms. The molecule has 1 aliphatic rings. The third kappa shape index (κ3) is 4.81. The fraction of sp³-hybridized carbons (Fsp3) is 0.526. The average molecular weight is 342 g/mol. The predicted molar refractivity (Wildman–Crippen MR) is 95.1 cm³/mol. The molecule has 1 amide bonds. The van der Waals surface area contributed by atoms with E-state index >= 15 is 0 Å². The van der Waals surface area contributed by atoms with Crippen molar-refractivity contribution in [3.05, 3.63) is 42.5 Å². The van der Waals surface area contributed by atoms with Gasteiger partial charge in [0.25, 0.3) is 0 Å². The lowest BCUT2D eigenvalue weighted by molar-refractivity contribution is -0.132. The highest BCUT2D eigenvalue weighted by molar-refractivity contribution is 5.76. The van der Waals surface area contributed by atoms with Crippen molar-refractivity contribution in [3.8, 4) is 5.75 Å². The topological polar surface area (TPSA) is 60.2 Å². The molecule has 2 aromatic rings. The van der Waals surface area contributed by atoms with Crippen molar-refractivity contribution in [3.63, 3.8) is 0 Å². The summed E-state index contributed by atoms with van der Waals surface area (Å²) in [7, 11) is 0. The minimum atomic E-state index is 0.0721. The molecule has 0 fully saturated rings. The standard InChI is InChI=1S/C19H26N4O2/c1-2-3-8-17-13-22(12-16-7-4-5-9-18(16)25-17)19(24)10-6-11-23-15-20-14-21-23/h4-5,7,9,14-15,17H,2-3,6,8,10-13H2,1H3. The summed E-state index contributed by atoms with van der Waals surface area (Å²) in [5.41, 5.74) is 1.09. The van der Waals surface area contributed by atoms with Crippen molar-refractivity contribution in [1.82, 2.24) is 19.7 Å². The number of fused-ring (bicyclic) bond motifs is 1. The fourth-order valence-electron chi connectivity index (χ4n) is 3.15. The first-order chi connectivity index (χ1) is 12.3. The Kier molecular flexibility index (Phi) is 6.04. The Morgan fingerprint density at radius 2 is 2.20 bits per heavy atom. The number of unbranched alkanes of at least 4 members (excludes halogenated alkanes) is 1. The predicted octanol–water partition coefficient (Wildman–Crippen LogP) is 3.04. The first kappa shape index (κ1) is 17.5. The second-order valence-corrected chi connectivity index (χ2v) is 6.53. The molecule has 0 N–H and O–H groups in total. The van der Waals surface area contributed by atoms with Crippen LogP contribution in [0.1, 0.15) is 44.6 Å². The van der Waals surface area contributed by atoms with E-state index in [2.05, 4.69) is 17.0 Å². The number of aryl methyl sites for hydroxylation is 1. The van der Waals surface area contributed by atoms with E-state index in [0.717, 1.165) is 37.0 Å². The minimum Gasteiger partial charge on any atom is -0.488 e. The minimum absolute atomic E-state index is 0.0721. The van der Waals surface area contributed by atoms with Crippen LogP contribution in [0.5, 0.6) is 5.75 Å². The summed E-state index contributed by atoms with van der Waals surface area (Å²) in [6, 6.07) is 8.05. The van der Waals surface area contributed by atoms with Crippen molar-refractivity contribution >= 4 is 5.91 Å². The average Bonchev–Trinajstić information content (AvgIpc) is 3.06. The van der Waals surface area contributed by atoms with Gasteiger partial charge in [-0.3, -0.25) is 9.48 Å². The Bertz CT molecular complexity index is 672. The van der Waals surface area contributed by atoms with Crippen LogP contribution in [0.25, 0.3) is 0 Å². The van der Waals surface area contributed by atoms with Crippen molar-refractivity contribution in [2.75, 3.05) is 6.54 Å². The molecule has 6 nitrogen and oxygen atoms in total. The Morgan fingerprint density at radius 1 is 1.32 bits per heavy atom. The molecule has 0 saturated heterocycles. The van der Waals surface area contributed by atoms with E-state index < -0.39 is 0 Å². The zero-order valence-electron chi connectivity index (χ0n) is 14.8. The summed E-state index contributed by atoms with van der Waals surface area (Å²) in [6.07, 6.45) is 7.78. The van der Waals surface area contributed by atoms with Gasteiger partial charge < -0.3 is 9.64 Å². The van der Waals surface area contributed by atoms with Gasteiger partial charge in [0.15, 0.2) is 0 Å². The van der Waals surface area contributed by atoms with Crippen LogP contribution in [0.2, 0.25) is 0 Å². The molecule has 1 unspecified atom stereocenters. The van der Waals surface area contributed by atoms with Gasteiger partial charge in [-0.2, -0.15) is 5.10 Å². The number of rotatable bonds is 7. The number of amides is 1. The van der Waals surface area contributed by atoms with E-state index in [4.69, 9.17) is 4.74 Å². The van der Waals surface area contributed by atoms with Crippen molar-refractivity contribution in [2.24, 2.45) is 0 Å². The lowest BCUT2D eigenvalue weighted by Gasteiger charge is -2.24. The molecule has 3 rings (SSSR count). The number of carbonyl (C=O) groups excluding carboxylic acids is 1. The number of benzene rings is 1. The van der Waals surface area contributed by atoms with Gasteiger partial charge in [-0.25, -0.2) is 4.98 Å². The maximum absolute atomic E-state index is 12.7. The van der Waals surface area contributed by atoms with Gasteiger partial charge >= 0.3 is 0 Å². The third-order valence-electron chi connectivity index (χ3n) is 4.53. The van der Waals surface area contributed by atoms with Crippen LogP contribution in [0, 0.1) is 0 Å². The smallest absolute Gasteiger partial charge is 0.223 e. The molecule has 0 radical (unpaired) electrons. The molecule has 25 heavy (non-hydrogen) atoms. The Balaban J connectivity index is 1.62. The summed E-state index contributed by atoms with van der Waals surface area (Å²) < 4.78 is 7.95. The van der Waals surface area contributed by atoms with Crippen LogP contribution in [0.15, 0.2) is 36.9 Å². The second-order valence-electron chi connectivity index (χ2n) is 6.53. The summed E-state index contributed by atoms with van der Waals surface area (Å²) in [4.78, 5) is 18.6. The summed E-state index contributed by atoms with van der Waals surface area (Å²) in [6.45, 7) is 4.18. The van der Waals surface area contributed by atoms with Crippen LogP contribution in [-0.2, 0) is 17.9 Å². The fourth-order valence-corrected chi connectivity index (χ4v) is 3.15. The highest BCUT2D eigenvalue weighted by Crippen LogP contribution is 2.26. The number of para-hydroxylation sites is 1.